The predicted molar refractivity (Wildman–Crippen MR) is 149 cm³/mol. The Labute approximate surface area is 252 Å². The normalized spacial score (nSPS) is 28.9. The van der Waals surface area contributed by atoms with Crippen LogP contribution in [0.4, 0.5) is 0 Å². The number of nitrogens with zero attached hydrogens (tertiary/aromatic N) is 5. The van der Waals surface area contributed by atoms with Crippen molar-refractivity contribution in [2.45, 2.75) is 56.9 Å². The molecule has 2 bridgehead atoms. The highest BCUT2D eigenvalue weighted by Crippen LogP contribution is 2.49. The molecule has 13 heteroatoms. The van der Waals surface area contributed by atoms with E-state index in [1.807, 2.05) is 4.90 Å². The monoisotopic (exact) mass is 599 g/mol. The van der Waals surface area contributed by atoms with Gasteiger partial charge in [0.2, 0.25) is 11.6 Å². The molecule has 226 valence electrons. The third kappa shape index (κ3) is 4.01. The second-order valence-corrected chi connectivity index (χ2v) is 11.3. The number of ether oxygens (including phenoxy) is 3. The third-order valence-corrected chi connectivity index (χ3v) is 9.36. The second-order valence-electron chi connectivity index (χ2n) is 11.3. The van der Waals surface area contributed by atoms with Crippen LogP contribution < -0.4 is 0 Å². The van der Waals surface area contributed by atoms with Crippen molar-refractivity contribution in [1.29, 1.82) is 5.26 Å². The molecular formula is C31H29N5O8. The van der Waals surface area contributed by atoms with E-state index >= 15 is 0 Å². The minimum atomic E-state index is -1.04. The van der Waals surface area contributed by atoms with Gasteiger partial charge in [-0.15, -0.1) is 0 Å². The van der Waals surface area contributed by atoms with Crippen molar-refractivity contribution in [1.82, 2.24) is 19.8 Å². The van der Waals surface area contributed by atoms with Crippen LogP contribution in [-0.4, -0.2) is 107 Å². The van der Waals surface area contributed by atoms with Crippen molar-refractivity contribution in [3.63, 3.8) is 0 Å². The van der Waals surface area contributed by atoms with Gasteiger partial charge in [-0.2, -0.15) is 5.26 Å². The van der Waals surface area contributed by atoms with E-state index in [2.05, 4.69) is 16.0 Å². The SMILES string of the molecule is COC1=C(C)C(=O)C2=C(C1=O)[C@@H]1[C@@H]3CC4=C(C(=O)C(OC)=C(C)C4=O)[C@H](COC(=O)c4cnccn4)N3[C@@H](C#N)[C@H](C2)N1C. The summed E-state index contributed by atoms with van der Waals surface area (Å²) >= 11 is 0. The van der Waals surface area contributed by atoms with Crippen molar-refractivity contribution in [2.75, 3.05) is 27.9 Å². The minimum Gasteiger partial charge on any atom is -0.492 e. The van der Waals surface area contributed by atoms with E-state index in [0.717, 1.165) is 0 Å². The smallest absolute Gasteiger partial charge is 0.358 e. The van der Waals surface area contributed by atoms with Crippen LogP contribution >= 0.6 is 0 Å². The molecule has 44 heavy (non-hydrogen) atoms. The summed E-state index contributed by atoms with van der Waals surface area (Å²) in [7, 11) is 4.41. The molecular weight excluding hydrogens is 570 g/mol. The number of likely N-dealkylation sites (N-methyl/N-ethyl adjacent to an activating group) is 1. The maximum absolute atomic E-state index is 13.9. The van der Waals surface area contributed by atoms with Gasteiger partial charge in [0, 0.05) is 57.9 Å². The number of rotatable bonds is 5. The molecule has 1 saturated heterocycles. The van der Waals surface area contributed by atoms with E-state index in [-0.39, 0.29) is 63.7 Å². The Morgan fingerprint density at radius 1 is 0.932 bits per heavy atom. The molecule has 2 aliphatic carbocycles. The quantitative estimate of drug-likeness (QED) is 0.344. The largest absolute Gasteiger partial charge is 0.492 e. The fourth-order valence-corrected chi connectivity index (χ4v) is 7.41. The molecule has 0 amide bonds. The van der Waals surface area contributed by atoms with Crippen LogP contribution in [0.25, 0.3) is 0 Å². The molecule has 0 aromatic carbocycles. The van der Waals surface area contributed by atoms with Gasteiger partial charge in [0.05, 0.1) is 38.6 Å². The fourth-order valence-electron chi connectivity index (χ4n) is 7.41. The van der Waals surface area contributed by atoms with Crippen LogP contribution in [0, 0.1) is 11.3 Å². The molecule has 0 saturated carbocycles. The molecule has 13 nitrogen and oxygen atoms in total. The first-order valence-electron chi connectivity index (χ1n) is 14.0. The highest BCUT2D eigenvalue weighted by Gasteiger charge is 2.60. The summed E-state index contributed by atoms with van der Waals surface area (Å²) < 4.78 is 16.4. The molecule has 4 heterocycles. The van der Waals surface area contributed by atoms with Crippen LogP contribution in [0.3, 0.4) is 0 Å². The van der Waals surface area contributed by atoms with Crippen LogP contribution in [0.15, 0.2) is 63.5 Å². The van der Waals surface area contributed by atoms with Crippen molar-refractivity contribution in [3.05, 3.63) is 69.2 Å². The first-order valence-corrected chi connectivity index (χ1v) is 14.0. The van der Waals surface area contributed by atoms with Crippen LogP contribution in [0.5, 0.6) is 0 Å². The molecule has 5 aliphatic rings. The zero-order chi connectivity index (χ0) is 31.6. The lowest BCUT2D eigenvalue weighted by atomic mass is 9.67. The number of allylic oxidation sites excluding steroid dienone is 4. The molecule has 1 fully saturated rings. The van der Waals surface area contributed by atoms with E-state index in [0.29, 0.717) is 5.57 Å². The van der Waals surface area contributed by atoms with E-state index in [1.165, 1.54) is 39.7 Å². The number of nitriles is 1. The summed E-state index contributed by atoms with van der Waals surface area (Å²) in [5, 5.41) is 10.6. The average molecular weight is 600 g/mol. The summed E-state index contributed by atoms with van der Waals surface area (Å²) in [4.78, 5) is 79.5. The molecule has 5 atom stereocenters. The molecule has 1 aromatic rings. The summed E-state index contributed by atoms with van der Waals surface area (Å²) in [6.45, 7) is 2.64. The van der Waals surface area contributed by atoms with Crippen LogP contribution in [0.1, 0.15) is 37.2 Å². The van der Waals surface area contributed by atoms with Gasteiger partial charge in [-0.1, -0.05) is 0 Å². The molecule has 0 N–H and O–H groups in total. The first-order chi connectivity index (χ1) is 21.1. The second kappa shape index (κ2) is 10.7. The fraction of sp³-hybridized carbons (Fsp3) is 0.419. The Morgan fingerprint density at radius 3 is 2.09 bits per heavy atom. The van der Waals surface area contributed by atoms with Gasteiger partial charge in [-0.25, -0.2) is 9.78 Å². The Balaban J connectivity index is 1.51. The molecule has 3 aliphatic heterocycles. The Kier molecular flexibility index (Phi) is 7.14. The van der Waals surface area contributed by atoms with E-state index < -0.39 is 60.1 Å². The number of Topliss-reactive ketones (excluding diaryl/α,β-unsaturated/α-hetero) is 4. The van der Waals surface area contributed by atoms with Crippen LogP contribution in [0.2, 0.25) is 0 Å². The number of fused-ring (bicyclic) bond motifs is 5. The minimum absolute atomic E-state index is 0.00597. The molecule has 0 unspecified atom stereocenters. The van der Waals surface area contributed by atoms with Gasteiger partial charge in [0.15, 0.2) is 28.8 Å². The highest BCUT2D eigenvalue weighted by molar-refractivity contribution is 6.26. The van der Waals surface area contributed by atoms with Crippen LogP contribution in [-0.2, 0) is 33.4 Å². The van der Waals surface area contributed by atoms with Crippen molar-refractivity contribution < 1.29 is 38.2 Å². The number of esters is 1. The topological polar surface area (TPSA) is 169 Å². The summed E-state index contributed by atoms with van der Waals surface area (Å²) in [5.74, 6) is -2.67. The Bertz CT molecular complexity index is 1710. The van der Waals surface area contributed by atoms with Gasteiger partial charge in [0.1, 0.15) is 12.6 Å². The number of piperazine rings is 1. The summed E-state index contributed by atoms with van der Waals surface area (Å²) in [5.41, 5.74) is 1.13. The lowest BCUT2D eigenvalue weighted by Gasteiger charge is -2.60. The average Bonchev–Trinajstić information content (AvgIpc) is 3.02. The predicted octanol–water partition coefficient (Wildman–Crippen LogP) is 0.792. The van der Waals surface area contributed by atoms with Gasteiger partial charge < -0.3 is 14.2 Å². The zero-order valence-corrected chi connectivity index (χ0v) is 24.7. The number of aromatic nitrogens is 2. The lowest BCUT2D eigenvalue weighted by molar-refractivity contribution is -0.126. The number of hydrogen-bond acceptors (Lipinski definition) is 13. The standard InChI is InChI=1S/C31H29N5O8/c1-13-25(37)15-9-19-24-23-16(26(38)14(2)30(43-5)28(23)40)8-18(35(24)3)20(10-32)36(19)21(22(15)27(39)29(13)42-4)12-44-31(41)17-11-33-6-7-34-17/h6-7,11,18-21,24H,8-9,12H2,1-5H3/t18-,19-,20-,21-,24-/m0/s1. The van der Waals surface area contributed by atoms with E-state index in [1.54, 1.807) is 18.9 Å². The number of ketones is 4. The maximum atomic E-state index is 13.9. The first kappa shape index (κ1) is 29.3. The maximum Gasteiger partial charge on any atom is 0.358 e. The van der Waals surface area contributed by atoms with E-state index in [4.69, 9.17) is 14.2 Å². The molecule has 1 aromatic heterocycles. The number of hydrogen-bond donors (Lipinski definition) is 0. The van der Waals surface area contributed by atoms with Crippen molar-refractivity contribution in [2.24, 2.45) is 0 Å². The Morgan fingerprint density at radius 2 is 1.52 bits per heavy atom. The van der Waals surface area contributed by atoms with Gasteiger partial charge in [0.25, 0.3) is 0 Å². The third-order valence-electron chi connectivity index (χ3n) is 9.36. The number of carbonyl (C=O) groups is 5. The van der Waals surface area contributed by atoms with Crippen molar-refractivity contribution >= 4 is 29.1 Å². The summed E-state index contributed by atoms with van der Waals surface area (Å²) in [6.07, 6.45) is 4.09. The molecule has 0 spiro atoms. The molecule has 6 rings (SSSR count). The highest BCUT2D eigenvalue weighted by atomic mass is 16.5. The van der Waals surface area contributed by atoms with E-state index in [9.17, 15) is 29.2 Å². The zero-order valence-electron chi connectivity index (χ0n) is 24.7. The molecule has 0 radical (unpaired) electrons. The van der Waals surface area contributed by atoms with Crippen molar-refractivity contribution in [3.8, 4) is 6.07 Å². The van der Waals surface area contributed by atoms with Gasteiger partial charge in [-0.3, -0.25) is 34.0 Å². The summed E-state index contributed by atoms with van der Waals surface area (Å²) in [6, 6.07) is -1.59. The number of methoxy groups -OCH3 is 2. The van der Waals surface area contributed by atoms with Gasteiger partial charge >= 0.3 is 5.97 Å². The Hall–Kier alpha value is -4.80. The number of carbonyl (C=O) groups excluding carboxylic acids is 5. The lowest BCUT2D eigenvalue weighted by Crippen LogP contribution is -2.74. The van der Waals surface area contributed by atoms with Gasteiger partial charge in [-0.05, 0) is 33.7 Å².